The molecule has 7 heteroatoms. The summed E-state index contributed by atoms with van der Waals surface area (Å²) in [4.78, 5) is 24.2. The van der Waals surface area contributed by atoms with Crippen molar-refractivity contribution in [1.29, 1.82) is 0 Å². The second kappa shape index (κ2) is 8.75. The normalized spacial score (nSPS) is 13.1. The topological polar surface area (TPSA) is 94.1 Å². The van der Waals surface area contributed by atoms with E-state index in [0.29, 0.717) is 40.8 Å². The van der Waals surface area contributed by atoms with E-state index in [-0.39, 0.29) is 18.1 Å². The third-order valence-corrected chi connectivity index (χ3v) is 4.41. The van der Waals surface area contributed by atoms with Gasteiger partial charge in [-0.15, -0.1) is 0 Å². The molecular formula is C21H23NO6. The molecule has 1 aliphatic carbocycles. The van der Waals surface area contributed by atoms with Crippen molar-refractivity contribution in [2.75, 3.05) is 26.1 Å². The molecule has 1 amide bonds. The summed E-state index contributed by atoms with van der Waals surface area (Å²) >= 11 is 0. The van der Waals surface area contributed by atoms with Crippen molar-refractivity contribution >= 4 is 17.6 Å². The van der Waals surface area contributed by atoms with Crippen LogP contribution in [0.5, 0.6) is 11.5 Å². The third-order valence-electron chi connectivity index (χ3n) is 4.41. The van der Waals surface area contributed by atoms with Gasteiger partial charge in [0.1, 0.15) is 11.5 Å². The number of rotatable bonds is 9. The molecule has 0 atom stereocenters. The number of carbonyl (C=O) groups is 2. The lowest BCUT2D eigenvalue weighted by molar-refractivity contribution is 0.0696. The van der Waals surface area contributed by atoms with E-state index in [1.807, 2.05) is 0 Å². The zero-order valence-electron chi connectivity index (χ0n) is 15.9. The van der Waals surface area contributed by atoms with Gasteiger partial charge in [0.2, 0.25) is 0 Å². The minimum atomic E-state index is -1.08. The van der Waals surface area contributed by atoms with Gasteiger partial charge in [-0.25, -0.2) is 4.79 Å². The van der Waals surface area contributed by atoms with E-state index < -0.39 is 5.97 Å². The molecule has 148 valence electrons. The van der Waals surface area contributed by atoms with E-state index in [0.717, 1.165) is 12.8 Å². The Bertz CT molecular complexity index is 875. The van der Waals surface area contributed by atoms with Crippen LogP contribution in [0, 0.1) is 5.92 Å². The molecule has 0 saturated heterocycles. The standard InChI is InChI=1S/C21H23NO6/c1-26-11-14-7-15(21(24)25)9-16(8-14)22-20(23)18-6-5-17(27-2)10-19(18)28-12-13-3-4-13/h5-10,13H,3-4,11-12H2,1-2H3,(H,22,23)(H,24,25). The number of benzene rings is 2. The number of nitrogens with one attached hydrogen (secondary N) is 1. The number of carboxylic acids is 1. The molecule has 1 saturated carbocycles. The van der Waals surface area contributed by atoms with E-state index in [2.05, 4.69) is 5.32 Å². The average Bonchev–Trinajstić information content (AvgIpc) is 3.50. The van der Waals surface area contributed by atoms with Gasteiger partial charge in [0.05, 0.1) is 31.5 Å². The van der Waals surface area contributed by atoms with Crippen molar-refractivity contribution in [3.05, 3.63) is 53.1 Å². The van der Waals surface area contributed by atoms with Gasteiger partial charge in [0.15, 0.2) is 0 Å². The largest absolute Gasteiger partial charge is 0.497 e. The predicted octanol–water partition coefficient (Wildman–Crippen LogP) is 3.58. The molecule has 1 aliphatic rings. The molecule has 0 unspecified atom stereocenters. The van der Waals surface area contributed by atoms with E-state index in [1.165, 1.54) is 19.2 Å². The second-order valence-electron chi connectivity index (χ2n) is 6.73. The van der Waals surface area contributed by atoms with Crippen LogP contribution in [-0.2, 0) is 11.3 Å². The zero-order valence-corrected chi connectivity index (χ0v) is 15.9. The summed E-state index contributed by atoms with van der Waals surface area (Å²) in [5.41, 5.74) is 1.46. The maximum Gasteiger partial charge on any atom is 0.335 e. The lowest BCUT2D eigenvalue weighted by Gasteiger charge is -2.14. The maximum absolute atomic E-state index is 12.8. The molecule has 0 radical (unpaired) electrons. The predicted molar refractivity (Wildman–Crippen MR) is 103 cm³/mol. The highest BCUT2D eigenvalue weighted by Crippen LogP contribution is 2.32. The quantitative estimate of drug-likeness (QED) is 0.685. The first kappa shape index (κ1) is 19.7. The average molecular weight is 385 g/mol. The summed E-state index contributed by atoms with van der Waals surface area (Å²) in [7, 11) is 3.07. The Balaban J connectivity index is 1.84. The summed E-state index contributed by atoms with van der Waals surface area (Å²) in [6, 6.07) is 9.60. The van der Waals surface area contributed by atoms with Gasteiger partial charge in [-0.2, -0.15) is 0 Å². The van der Waals surface area contributed by atoms with Crippen LogP contribution >= 0.6 is 0 Å². The van der Waals surface area contributed by atoms with Crippen molar-refractivity contribution in [2.24, 2.45) is 5.92 Å². The summed E-state index contributed by atoms with van der Waals surface area (Å²) < 4.78 is 16.1. The number of amides is 1. The molecule has 28 heavy (non-hydrogen) atoms. The molecule has 0 bridgehead atoms. The Hall–Kier alpha value is -3.06. The Morgan fingerprint density at radius 1 is 1.14 bits per heavy atom. The maximum atomic E-state index is 12.8. The van der Waals surface area contributed by atoms with Crippen molar-refractivity contribution in [3.63, 3.8) is 0 Å². The monoisotopic (exact) mass is 385 g/mol. The first-order valence-electron chi connectivity index (χ1n) is 8.98. The minimum Gasteiger partial charge on any atom is -0.497 e. The van der Waals surface area contributed by atoms with Gasteiger partial charge in [0.25, 0.3) is 5.91 Å². The summed E-state index contributed by atoms with van der Waals surface area (Å²) in [6.45, 7) is 0.794. The number of aromatic carboxylic acids is 1. The van der Waals surface area contributed by atoms with Crippen LogP contribution < -0.4 is 14.8 Å². The third kappa shape index (κ3) is 5.01. The van der Waals surface area contributed by atoms with E-state index >= 15 is 0 Å². The van der Waals surface area contributed by atoms with E-state index in [4.69, 9.17) is 14.2 Å². The number of carbonyl (C=O) groups excluding carboxylic acids is 1. The van der Waals surface area contributed by atoms with Crippen LogP contribution in [0.25, 0.3) is 0 Å². The number of anilines is 1. The van der Waals surface area contributed by atoms with Crippen molar-refractivity contribution in [2.45, 2.75) is 19.4 Å². The highest BCUT2D eigenvalue weighted by Gasteiger charge is 2.23. The molecule has 3 rings (SSSR count). The first-order valence-corrected chi connectivity index (χ1v) is 8.98. The van der Waals surface area contributed by atoms with Crippen molar-refractivity contribution in [1.82, 2.24) is 0 Å². The van der Waals surface area contributed by atoms with E-state index in [1.54, 1.807) is 31.4 Å². The first-order chi connectivity index (χ1) is 13.5. The van der Waals surface area contributed by atoms with Crippen LogP contribution in [0.2, 0.25) is 0 Å². The molecule has 2 N–H and O–H groups in total. The van der Waals surface area contributed by atoms with Gasteiger partial charge < -0.3 is 24.6 Å². The molecule has 7 nitrogen and oxygen atoms in total. The Labute approximate surface area is 163 Å². The highest BCUT2D eigenvalue weighted by molar-refractivity contribution is 6.06. The molecule has 0 heterocycles. The molecule has 1 fully saturated rings. The van der Waals surface area contributed by atoms with Gasteiger partial charge in [-0.05, 0) is 54.7 Å². The summed E-state index contributed by atoms with van der Waals surface area (Å²) in [6.07, 6.45) is 2.27. The van der Waals surface area contributed by atoms with Gasteiger partial charge in [0, 0.05) is 18.9 Å². The molecule has 0 spiro atoms. The van der Waals surface area contributed by atoms with Crippen LogP contribution in [0.15, 0.2) is 36.4 Å². The van der Waals surface area contributed by atoms with Crippen molar-refractivity contribution < 1.29 is 28.9 Å². The van der Waals surface area contributed by atoms with Crippen LogP contribution in [0.3, 0.4) is 0 Å². The Kier molecular flexibility index (Phi) is 6.16. The summed E-state index contributed by atoms with van der Waals surface area (Å²) in [5.74, 6) is 0.101. The number of ether oxygens (including phenoxy) is 3. The molecule has 2 aromatic carbocycles. The number of hydrogen-bond acceptors (Lipinski definition) is 5. The van der Waals surface area contributed by atoms with E-state index in [9.17, 15) is 14.7 Å². The molecule has 0 aliphatic heterocycles. The van der Waals surface area contributed by atoms with Crippen molar-refractivity contribution in [3.8, 4) is 11.5 Å². The van der Waals surface area contributed by atoms with Gasteiger partial charge >= 0.3 is 5.97 Å². The van der Waals surface area contributed by atoms with Crippen LogP contribution in [0.1, 0.15) is 39.1 Å². The SMILES string of the molecule is COCc1cc(NC(=O)c2ccc(OC)cc2OCC2CC2)cc(C(=O)O)c1. The number of hydrogen-bond donors (Lipinski definition) is 2. The fourth-order valence-electron chi connectivity index (χ4n) is 2.76. The van der Waals surface area contributed by atoms with Crippen LogP contribution in [0.4, 0.5) is 5.69 Å². The fourth-order valence-corrected chi connectivity index (χ4v) is 2.76. The number of methoxy groups -OCH3 is 2. The smallest absolute Gasteiger partial charge is 0.335 e. The highest BCUT2D eigenvalue weighted by atomic mass is 16.5. The number of carboxylic acid groups (broad SMARTS) is 1. The fraction of sp³-hybridized carbons (Fsp3) is 0.333. The zero-order chi connectivity index (χ0) is 20.1. The Morgan fingerprint density at radius 3 is 2.57 bits per heavy atom. The second-order valence-corrected chi connectivity index (χ2v) is 6.73. The van der Waals surface area contributed by atoms with Crippen LogP contribution in [-0.4, -0.2) is 37.8 Å². The lowest BCUT2D eigenvalue weighted by Crippen LogP contribution is -2.15. The van der Waals surface area contributed by atoms with Gasteiger partial charge in [-0.1, -0.05) is 0 Å². The minimum absolute atomic E-state index is 0.0739. The molecule has 0 aromatic heterocycles. The van der Waals surface area contributed by atoms with Gasteiger partial charge in [-0.3, -0.25) is 4.79 Å². The molecular weight excluding hydrogens is 362 g/mol. The Morgan fingerprint density at radius 2 is 1.93 bits per heavy atom. The molecule has 2 aromatic rings. The lowest BCUT2D eigenvalue weighted by atomic mass is 10.1. The summed E-state index contributed by atoms with van der Waals surface area (Å²) in [5, 5.41) is 12.1.